The average molecular weight is 314 g/mol. The smallest absolute Gasteiger partial charge is 0.0506 e. The Kier molecular flexibility index (Phi) is 6.31. The highest BCUT2D eigenvalue weighted by Gasteiger charge is 2.41. The molecule has 4 unspecified atom stereocenters. The van der Waals surface area contributed by atoms with Crippen molar-refractivity contribution < 1.29 is 4.21 Å². The molecule has 0 amide bonds. The van der Waals surface area contributed by atoms with Gasteiger partial charge in [-0.3, -0.25) is 4.21 Å². The molecule has 0 radical (unpaired) electrons. The van der Waals surface area contributed by atoms with Crippen LogP contribution < -0.4 is 5.32 Å². The van der Waals surface area contributed by atoms with Crippen LogP contribution in [0.1, 0.15) is 79.1 Å². The summed E-state index contributed by atoms with van der Waals surface area (Å²) in [6.07, 6.45) is 9.89. The Morgan fingerprint density at radius 2 is 1.76 bits per heavy atom. The van der Waals surface area contributed by atoms with E-state index in [0.717, 1.165) is 12.5 Å². The van der Waals surface area contributed by atoms with Crippen molar-refractivity contribution in [1.82, 2.24) is 5.32 Å². The molecule has 0 spiro atoms. The molecule has 0 aromatic heterocycles. The summed E-state index contributed by atoms with van der Waals surface area (Å²) in [4.78, 5) is 0. The minimum atomic E-state index is -0.633. The van der Waals surface area contributed by atoms with Crippen molar-refractivity contribution in [2.45, 2.75) is 95.6 Å². The van der Waals surface area contributed by atoms with Gasteiger partial charge in [0.15, 0.2) is 0 Å². The van der Waals surface area contributed by atoms with E-state index in [1.807, 2.05) is 0 Å². The number of hydrogen-bond donors (Lipinski definition) is 1. The Labute approximate surface area is 134 Å². The fourth-order valence-corrected chi connectivity index (χ4v) is 6.52. The lowest BCUT2D eigenvalue weighted by Crippen LogP contribution is -2.49. The van der Waals surface area contributed by atoms with Crippen LogP contribution in [0.2, 0.25) is 0 Å². The van der Waals surface area contributed by atoms with E-state index < -0.39 is 10.8 Å². The first-order valence-electron chi connectivity index (χ1n) is 9.12. The normalized spacial score (nSPS) is 33.2. The van der Waals surface area contributed by atoms with Crippen LogP contribution in [0.15, 0.2) is 0 Å². The Morgan fingerprint density at radius 3 is 2.33 bits per heavy atom. The molecule has 0 heterocycles. The predicted molar refractivity (Wildman–Crippen MR) is 93.1 cm³/mol. The van der Waals surface area contributed by atoms with Crippen molar-refractivity contribution in [3.05, 3.63) is 0 Å². The Morgan fingerprint density at radius 1 is 1.10 bits per heavy atom. The first kappa shape index (κ1) is 17.5. The Hall–Kier alpha value is 0.110. The SMILES string of the molecule is CCNC1CCC(C(C)(C)CC)CC1S(=O)C1CCCC1. The van der Waals surface area contributed by atoms with Crippen molar-refractivity contribution in [2.24, 2.45) is 11.3 Å². The van der Waals surface area contributed by atoms with Crippen molar-refractivity contribution in [3.8, 4) is 0 Å². The maximum atomic E-state index is 13.1. The van der Waals surface area contributed by atoms with Gasteiger partial charge in [0.1, 0.15) is 0 Å². The van der Waals surface area contributed by atoms with Crippen LogP contribution in [-0.2, 0) is 10.8 Å². The molecule has 0 aromatic rings. The van der Waals surface area contributed by atoms with Gasteiger partial charge in [0.05, 0.1) is 5.25 Å². The van der Waals surface area contributed by atoms with Gasteiger partial charge >= 0.3 is 0 Å². The molecule has 0 aromatic carbocycles. The summed E-state index contributed by atoms with van der Waals surface area (Å²) in [5.74, 6) is 0.743. The molecule has 0 aliphatic heterocycles. The van der Waals surface area contributed by atoms with E-state index in [4.69, 9.17) is 0 Å². The van der Waals surface area contributed by atoms with Gasteiger partial charge in [0.2, 0.25) is 0 Å². The zero-order chi connectivity index (χ0) is 15.5. The van der Waals surface area contributed by atoms with Crippen molar-refractivity contribution in [1.29, 1.82) is 0 Å². The first-order valence-corrected chi connectivity index (χ1v) is 10.4. The maximum Gasteiger partial charge on any atom is 0.0506 e. The fourth-order valence-electron chi connectivity index (χ4n) is 4.25. The fraction of sp³-hybridized carbons (Fsp3) is 1.00. The molecular weight excluding hydrogens is 278 g/mol. The quantitative estimate of drug-likeness (QED) is 0.794. The monoisotopic (exact) mass is 313 g/mol. The molecule has 1 N–H and O–H groups in total. The maximum absolute atomic E-state index is 13.1. The second-order valence-electron chi connectivity index (χ2n) is 7.79. The highest BCUT2D eigenvalue weighted by Crippen LogP contribution is 2.43. The van der Waals surface area contributed by atoms with Crippen LogP contribution >= 0.6 is 0 Å². The minimum absolute atomic E-state index is 0.387. The predicted octanol–water partition coefficient (Wildman–Crippen LogP) is 4.26. The van der Waals surface area contributed by atoms with Crippen molar-refractivity contribution in [3.63, 3.8) is 0 Å². The largest absolute Gasteiger partial charge is 0.313 e. The average Bonchev–Trinajstić information content (AvgIpc) is 3.01. The third-order valence-electron chi connectivity index (χ3n) is 6.20. The molecule has 0 bridgehead atoms. The number of hydrogen-bond acceptors (Lipinski definition) is 2. The number of rotatable bonds is 6. The standard InChI is InChI=1S/C18H35NOS/c1-5-18(3,4)14-11-12-16(19-6-2)17(13-14)21(20)15-9-7-8-10-15/h14-17,19H,5-13H2,1-4H3. The van der Waals surface area contributed by atoms with Gasteiger partial charge in [-0.15, -0.1) is 0 Å². The highest BCUT2D eigenvalue weighted by molar-refractivity contribution is 7.86. The molecule has 2 fully saturated rings. The second-order valence-corrected chi connectivity index (χ2v) is 9.72. The molecule has 21 heavy (non-hydrogen) atoms. The zero-order valence-electron chi connectivity index (χ0n) is 14.5. The van der Waals surface area contributed by atoms with E-state index in [9.17, 15) is 4.21 Å². The van der Waals surface area contributed by atoms with E-state index in [-0.39, 0.29) is 0 Å². The van der Waals surface area contributed by atoms with Gasteiger partial charge in [-0.2, -0.15) is 0 Å². The van der Waals surface area contributed by atoms with Crippen molar-refractivity contribution in [2.75, 3.05) is 6.54 Å². The molecule has 3 heteroatoms. The van der Waals surface area contributed by atoms with Gasteiger partial charge in [-0.25, -0.2) is 0 Å². The van der Waals surface area contributed by atoms with Crippen LogP contribution in [0.4, 0.5) is 0 Å². The van der Waals surface area contributed by atoms with Gasteiger partial charge in [0.25, 0.3) is 0 Å². The molecular formula is C18H35NOS. The molecule has 124 valence electrons. The summed E-state index contributed by atoms with van der Waals surface area (Å²) in [5.41, 5.74) is 0.398. The summed E-state index contributed by atoms with van der Waals surface area (Å²) in [7, 11) is -0.633. The lowest BCUT2D eigenvalue weighted by atomic mass is 9.68. The van der Waals surface area contributed by atoms with E-state index in [1.165, 1.54) is 51.4 Å². The van der Waals surface area contributed by atoms with Gasteiger partial charge in [0, 0.05) is 22.1 Å². The number of nitrogens with one attached hydrogen (secondary N) is 1. The van der Waals surface area contributed by atoms with Gasteiger partial charge in [-0.05, 0) is 50.0 Å². The Balaban J connectivity index is 2.09. The van der Waals surface area contributed by atoms with Crippen LogP contribution in [0, 0.1) is 11.3 Å². The molecule has 2 nitrogen and oxygen atoms in total. The summed E-state index contributed by atoms with van der Waals surface area (Å²) in [6, 6.07) is 0.486. The molecule has 4 atom stereocenters. The van der Waals surface area contributed by atoms with E-state index in [2.05, 4.69) is 33.0 Å². The lowest BCUT2D eigenvalue weighted by Gasteiger charge is -2.43. The molecule has 2 saturated carbocycles. The van der Waals surface area contributed by atoms with Gasteiger partial charge in [-0.1, -0.05) is 47.0 Å². The lowest BCUT2D eigenvalue weighted by molar-refractivity contribution is 0.140. The summed E-state index contributed by atoms with van der Waals surface area (Å²) in [6.45, 7) is 10.3. The molecule has 2 rings (SSSR count). The summed E-state index contributed by atoms with van der Waals surface area (Å²) in [5, 5.41) is 4.51. The summed E-state index contributed by atoms with van der Waals surface area (Å²) < 4.78 is 13.1. The van der Waals surface area contributed by atoms with Crippen LogP contribution in [0.25, 0.3) is 0 Å². The van der Waals surface area contributed by atoms with Gasteiger partial charge < -0.3 is 5.32 Å². The minimum Gasteiger partial charge on any atom is -0.313 e. The van der Waals surface area contributed by atoms with E-state index >= 15 is 0 Å². The van der Waals surface area contributed by atoms with Crippen molar-refractivity contribution >= 4 is 10.8 Å². The third kappa shape index (κ3) is 4.10. The zero-order valence-corrected chi connectivity index (χ0v) is 15.3. The topological polar surface area (TPSA) is 29.1 Å². The third-order valence-corrected chi connectivity index (χ3v) is 8.45. The van der Waals surface area contributed by atoms with E-state index in [1.54, 1.807) is 0 Å². The highest BCUT2D eigenvalue weighted by atomic mass is 32.2. The molecule has 0 saturated heterocycles. The van der Waals surface area contributed by atoms with E-state index in [0.29, 0.717) is 22.0 Å². The molecule has 2 aliphatic carbocycles. The second kappa shape index (κ2) is 7.59. The first-order chi connectivity index (χ1) is 9.99. The van der Waals surface area contributed by atoms with Crippen LogP contribution in [0.3, 0.4) is 0 Å². The van der Waals surface area contributed by atoms with Crippen LogP contribution in [-0.4, -0.2) is 27.3 Å². The summed E-state index contributed by atoms with van der Waals surface area (Å²) >= 11 is 0. The Bertz CT molecular complexity index is 349. The van der Waals surface area contributed by atoms with Crippen LogP contribution in [0.5, 0.6) is 0 Å². The molecule has 2 aliphatic rings.